The monoisotopic (exact) mass is 690 g/mol. The Bertz CT molecular complexity index is 2710. The Morgan fingerprint density at radius 3 is 1.63 bits per heavy atom. The molecule has 0 atom stereocenters. The first kappa shape index (κ1) is 30.9. The lowest BCUT2D eigenvalue weighted by atomic mass is 9.64. The van der Waals surface area contributed by atoms with Crippen molar-refractivity contribution in [2.45, 2.75) is 24.7 Å². The smallest absolute Gasteiger partial charge is 0.0755 e. The number of para-hydroxylation sites is 4. The van der Waals surface area contributed by atoms with Gasteiger partial charge in [-0.2, -0.15) is 0 Å². The van der Waals surface area contributed by atoms with Crippen LogP contribution in [0.4, 0.5) is 34.1 Å². The van der Waals surface area contributed by atoms with E-state index < -0.39 is 5.41 Å². The summed E-state index contributed by atoms with van der Waals surface area (Å²) in [6.45, 7) is 4.73. The molecule has 54 heavy (non-hydrogen) atoms. The predicted molar refractivity (Wildman–Crippen MR) is 224 cm³/mol. The van der Waals surface area contributed by atoms with Gasteiger partial charge in [-0.3, -0.25) is 0 Å². The highest BCUT2D eigenvalue weighted by Crippen LogP contribution is 2.65. The number of benzene rings is 8. The largest absolute Gasteiger partial charge is 0.310 e. The van der Waals surface area contributed by atoms with Crippen LogP contribution in [0.3, 0.4) is 0 Å². The van der Waals surface area contributed by atoms with Gasteiger partial charge in [-0.15, -0.1) is 0 Å². The van der Waals surface area contributed by atoms with E-state index >= 15 is 0 Å². The zero-order valence-electron chi connectivity index (χ0n) is 30.4. The van der Waals surface area contributed by atoms with Gasteiger partial charge in [0, 0.05) is 28.0 Å². The minimum atomic E-state index is -0.523. The van der Waals surface area contributed by atoms with Crippen LogP contribution in [0.2, 0.25) is 0 Å². The molecule has 0 saturated heterocycles. The summed E-state index contributed by atoms with van der Waals surface area (Å²) < 4.78 is 0. The Kier molecular flexibility index (Phi) is 6.55. The quantitative estimate of drug-likeness (QED) is 0.181. The molecule has 0 radical (unpaired) electrons. The van der Waals surface area contributed by atoms with Crippen molar-refractivity contribution in [1.29, 1.82) is 0 Å². The van der Waals surface area contributed by atoms with Gasteiger partial charge < -0.3 is 9.80 Å². The van der Waals surface area contributed by atoms with Crippen LogP contribution in [0, 0.1) is 0 Å². The van der Waals surface area contributed by atoms with E-state index in [1.165, 1.54) is 72.7 Å². The summed E-state index contributed by atoms with van der Waals surface area (Å²) in [7, 11) is 0. The molecule has 0 fully saturated rings. The van der Waals surface area contributed by atoms with Crippen molar-refractivity contribution in [3.63, 3.8) is 0 Å². The SMILES string of the molecule is CC1(C)c2ccccc2-c2ccc(N(c3ccccc3)c3cccc4c3-c3ccccc3C43c4ccccc4N(c4ccccc4)c4ccccc43)cc21. The molecule has 0 saturated carbocycles. The van der Waals surface area contributed by atoms with Crippen molar-refractivity contribution in [3.05, 3.63) is 228 Å². The maximum Gasteiger partial charge on any atom is 0.0755 e. The topological polar surface area (TPSA) is 6.48 Å². The summed E-state index contributed by atoms with van der Waals surface area (Å²) in [5.41, 5.74) is 19.6. The van der Waals surface area contributed by atoms with E-state index in [2.05, 4.69) is 218 Å². The Hall–Kier alpha value is -6.64. The fraction of sp³-hybridized carbons (Fsp3) is 0.0769. The fourth-order valence-corrected chi connectivity index (χ4v) is 10.0. The van der Waals surface area contributed by atoms with Crippen LogP contribution in [0.15, 0.2) is 194 Å². The van der Waals surface area contributed by atoms with Crippen molar-refractivity contribution in [3.8, 4) is 22.3 Å². The summed E-state index contributed by atoms with van der Waals surface area (Å²) in [5, 5.41) is 0. The van der Waals surface area contributed by atoms with Gasteiger partial charge in [0.2, 0.25) is 0 Å². The lowest BCUT2D eigenvalue weighted by Gasteiger charge is -2.45. The first-order chi connectivity index (χ1) is 26.6. The predicted octanol–water partition coefficient (Wildman–Crippen LogP) is 13.6. The molecule has 3 aliphatic rings. The maximum atomic E-state index is 2.49. The van der Waals surface area contributed by atoms with Crippen LogP contribution in [0.25, 0.3) is 22.3 Å². The third-order valence-corrected chi connectivity index (χ3v) is 12.2. The summed E-state index contributed by atoms with van der Waals surface area (Å²) >= 11 is 0. The molecule has 2 nitrogen and oxygen atoms in total. The van der Waals surface area contributed by atoms with Gasteiger partial charge in [0.05, 0.1) is 22.5 Å². The lowest BCUT2D eigenvalue weighted by Crippen LogP contribution is -2.36. The molecule has 11 rings (SSSR count). The number of rotatable bonds is 4. The average Bonchev–Trinajstić information content (AvgIpc) is 3.65. The van der Waals surface area contributed by atoms with E-state index in [9.17, 15) is 0 Å². The van der Waals surface area contributed by atoms with Crippen molar-refractivity contribution in [2.75, 3.05) is 9.80 Å². The van der Waals surface area contributed by atoms with Gasteiger partial charge >= 0.3 is 0 Å². The van der Waals surface area contributed by atoms with Gasteiger partial charge in [-0.25, -0.2) is 0 Å². The summed E-state index contributed by atoms with van der Waals surface area (Å²) in [6, 6.07) is 71.9. The molecule has 0 aromatic heterocycles. The van der Waals surface area contributed by atoms with Crippen LogP contribution >= 0.6 is 0 Å². The molecule has 0 unspecified atom stereocenters. The first-order valence-corrected chi connectivity index (χ1v) is 19.0. The number of hydrogen-bond acceptors (Lipinski definition) is 2. The van der Waals surface area contributed by atoms with Gasteiger partial charge in [-0.05, 0) is 105 Å². The molecule has 1 heterocycles. The highest BCUT2D eigenvalue weighted by molar-refractivity contribution is 6.01. The van der Waals surface area contributed by atoms with Gasteiger partial charge in [0.1, 0.15) is 0 Å². The third kappa shape index (κ3) is 4.06. The number of nitrogens with zero attached hydrogens (tertiary/aromatic N) is 2. The summed E-state index contributed by atoms with van der Waals surface area (Å²) in [6.07, 6.45) is 0. The molecule has 0 N–H and O–H groups in total. The second-order valence-corrected chi connectivity index (χ2v) is 15.3. The van der Waals surface area contributed by atoms with E-state index in [4.69, 9.17) is 0 Å². The van der Waals surface area contributed by atoms with Crippen molar-refractivity contribution < 1.29 is 0 Å². The molecular weight excluding hydrogens is 653 g/mol. The van der Waals surface area contributed by atoms with E-state index in [-0.39, 0.29) is 5.41 Å². The Balaban J connectivity index is 1.20. The van der Waals surface area contributed by atoms with Crippen LogP contribution in [0.1, 0.15) is 47.2 Å². The number of anilines is 6. The van der Waals surface area contributed by atoms with E-state index in [0.717, 1.165) is 17.1 Å². The molecule has 1 aliphatic heterocycles. The minimum Gasteiger partial charge on any atom is -0.310 e. The molecule has 2 heteroatoms. The Labute approximate surface area is 317 Å². The lowest BCUT2D eigenvalue weighted by molar-refractivity contribution is 0.660. The average molecular weight is 691 g/mol. The zero-order chi connectivity index (χ0) is 36.0. The Morgan fingerprint density at radius 2 is 0.926 bits per heavy atom. The van der Waals surface area contributed by atoms with Crippen LogP contribution in [-0.4, -0.2) is 0 Å². The molecule has 1 spiro atoms. The molecule has 0 bridgehead atoms. The second-order valence-electron chi connectivity index (χ2n) is 15.3. The minimum absolute atomic E-state index is 0.111. The molecule has 256 valence electrons. The molecular formula is C52H38N2. The first-order valence-electron chi connectivity index (χ1n) is 19.0. The van der Waals surface area contributed by atoms with Gasteiger partial charge in [-0.1, -0.05) is 153 Å². The van der Waals surface area contributed by atoms with E-state index in [1.54, 1.807) is 0 Å². The zero-order valence-corrected chi connectivity index (χ0v) is 30.4. The Morgan fingerprint density at radius 1 is 0.389 bits per heavy atom. The summed E-state index contributed by atoms with van der Waals surface area (Å²) in [4.78, 5) is 4.94. The van der Waals surface area contributed by atoms with Crippen molar-refractivity contribution >= 4 is 34.1 Å². The maximum absolute atomic E-state index is 2.49. The number of fused-ring (bicyclic) bond motifs is 12. The highest BCUT2D eigenvalue weighted by atomic mass is 15.2. The van der Waals surface area contributed by atoms with Crippen LogP contribution < -0.4 is 9.80 Å². The second kappa shape index (κ2) is 11.4. The molecule has 8 aromatic rings. The van der Waals surface area contributed by atoms with E-state index in [0.29, 0.717) is 0 Å². The van der Waals surface area contributed by atoms with Crippen molar-refractivity contribution in [1.82, 2.24) is 0 Å². The van der Waals surface area contributed by atoms with E-state index in [1.807, 2.05) is 0 Å². The molecule has 0 amide bonds. The highest BCUT2D eigenvalue weighted by Gasteiger charge is 2.52. The number of hydrogen-bond donors (Lipinski definition) is 0. The van der Waals surface area contributed by atoms with Crippen LogP contribution in [-0.2, 0) is 10.8 Å². The molecule has 8 aromatic carbocycles. The van der Waals surface area contributed by atoms with Crippen LogP contribution in [0.5, 0.6) is 0 Å². The van der Waals surface area contributed by atoms with Crippen molar-refractivity contribution in [2.24, 2.45) is 0 Å². The summed E-state index contributed by atoms with van der Waals surface area (Å²) in [5.74, 6) is 0. The molecule has 2 aliphatic carbocycles. The van der Waals surface area contributed by atoms with Gasteiger partial charge in [0.25, 0.3) is 0 Å². The fourth-order valence-electron chi connectivity index (χ4n) is 10.0. The third-order valence-electron chi connectivity index (χ3n) is 12.2. The standard InChI is InChI=1S/C52H38N2/c1-51(2)41-24-11-9-22-38(41)39-33-32-37(34-46(39)51)53(35-18-5-3-6-19-35)49-31-17-28-45-50(49)40-23-10-12-25-42(40)52(45)43-26-13-15-29-47(43)54(36-20-7-4-8-21-36)48-30-16-14-27-44(48)52/h3-34H,1-2H3. The van der Waals surface area contributed by atoms with Gasteiger partial charge in [0.15, 0.2) is 0 Å². The normalized spacial score (nSPS) is 14.7.